The zero-order valence-corrected chi connectivity index (χ0v) is 12.6. The summed E-state index contributed by atoms with van der Waals surface area (Å²) in [6.07, 6.45) is 2.16. The second-order valence-corrected chi connectivity index (χ2v) is 5.15. The number of hydrogen-bond acceptors (Lipinski definition) is 2. The van der Waals surface area contributed by atoms with Crippen LogP contribution in [0.25, 0.3) is 0 Å². The maximum atomic E-state index is 11.5. The highest BCUT2D eigenvalue weighted by molar-refractivity contribution is 6.31. The smallest absolute Gasteiger partial charge is 0.220 e. The summed E-state index contributed by atoms with van der Waals surface area (Å²) in [7, 11) is 0. The first-order chi connectivity index (χ1) is 9.02. The summed E-state index contributed by atoms with van der Waals surface area (Å²) in [5.74, 6) is 0.884. The highest BCUT2D eigenvalue weighted by atomic mass is 35.5. The predicted octanol–water partition coefficient (Wildman–Crippen LogP) is 3.72. The van der Waals surface area contributed by atoms with Crippen LogP contribution in [-0.4, -0.2) is 18.6 Å². The lowest BCUT2D eigenvalue weighted by molar-refractivity contribution is -0.121. The van der Waals surface area contributed by atoms with Gasteiger partial charge < -0.3 is 10.1 Å². The monoisotopic (exact) mass is 283 g/mol. The molecule has 1 amide bonds. The number of aryl methyl sites for hydroxylation is 1. The summed E-state index contributed by atoms with van der Waals surface area (Å²) >= 11 is 5.94. The van der Waals surface area contributed by atoms with Gasteiger partial charge in [-0.25, -0.2) is 0 Å². The van der Waals surface area contributed by atoms with E-state index in [0.717, 1.165) is 22.8 Å². The molecule has 0 aliphatic carbocycles. The second-order valence-electron chi connectivity index (χ2n) is 4.74. The fraction of sp³-hybridized carbons (Fsp3) is 0.533. The number of benzene rings is 1. The Hall–Kier alpha value is -1.22. The largest absolute Gasteiger partial charge is 0.494 e. The van der Waals surface area contributed by atoms with Crippen molar-refractivity contribution in [2.75, 3.05) is 6.61 Å². The molecule has 0 aliphatic rings. The lowest BCUT2D eigenvalue weighted by Crippen LogP contribution is -2.31. The summed E-state index contributed by atoms with van der Waals surface area (Å²) in [6.45, 7) is 6.53. The number of nitrogens with one attached hydrogen (secondary N) is 1. The Morgan fingerprint density at radius 3 is 2.84 bits per heavy atom. The molecule has 1 unspecified atom stereocenters. The van der Waals surface area contributed by atoms with Crippen molar-refractivity contribution >= 4 is 17.5 Å². The molecule has 0 aromatic heterocycles. The molecule has 106 valence electrons. The van der Waals surface area contributed by atoms with E-state index < -0.39 is 0 Å². The maximum absolute atomic E-state index is 11.5. The van der Waals surface area contributed by atoms with Crippen LogP contribution in [0.1, 0.15) is 38.7 Å². The van der Waals surface area contributed by atoms with Gasteiger partial charge in [-0.05, 0) is 50.5 Å². The van der Waals surface area contributed by atoms with Gasteiger partial charge in [0.1, 0.15) is 5.75 Å². The number of rotatable bonds is 7. The van der Waals surface area contributed by atoms with Gasteiger partial charge in [-0.3, -0.25) is 4.79 Å². The van der Waals surface area contributed by atoms with Gasteiger partial charge in [0, 0.05) is 17.5 Å². The highest BCUT2D eigenvalue weighted by Crippen LogP contribution is 2.21. The molecular weight excluding hydrogens is 262 g/mol. The van der Waals surface area contributed by atoms with E-state index in [1.807, 2.05) is 32.0 Å². The minimum Gasteiger partial charge on any atom is -0.494 e. The van der Waals surface area contributed by atoms with E-state index in [1.54, 1.807) is 0 Å². The third-order valence-corrected chi connectivity index (χ3v) is 3.39. The Labute approximate surface area is 120 Å². The quantitative estimate of drug-likeness (QED) is 0.775. The molecule has 1 aromatic carbocycles. The normalized spacial score (nSPS) is 12.0. The van der Waals surface area contributed by atoms with Gasteiger partial charge in [-0.15, -0.1) is 0 Å². The van der Waals surface area contributed by atoms with E-state index in [4.69, 9.17) is 16.3 Å². The molecule has 1 rings (SSSR count). The molecule has 1 aromatic rings. The molecule has 1 N–H and O–H groups in total. The van der Waals surface area contributed by atoms with Crippen LogP contribution in [-0.2, 0) is 4.79 Å². The number of halogens is 1. The Balaban J connectivity index is 2.23. The molecule has 4 heteroatoms. The van der Waals surface area contributed by atoms with Crippen molar-refractivity contribution in [1.29, 1.82) is 0 Å². The Morgan fingerprint density at radius 2 is 2.21 bits per heavy atom. The third-order valence-electron chi connectivity index (χ3n) is 2.97. The molecule has 0 saturated carbocycles. The Kier molecular flexibility index (Phi) is 6.71. The topological polar surface area (TPSA) is 38.3 Å². The van der Waals surface area contributed by atoms with Crippen molar-refractivity contribution < 1.29 is 9.53 Å². The summed E-state index contributed by atoms with van der Waals surface area (Å²) in [5.41, 5.74) is 0.994. The summed E-state index contributed by atoms with van der Waals surface area (Å²) in [5, 5.41) is 3.67. The van der Waals surface area contributed by atoms with Crippen LogP contribution in [0.3, 0.4) is 0 Å². The van der Waals surface area contributed by atoms with E-state index in [1.165, 1.54) is 0 Å². The van der Waals surface area contributed by atoms with Crippen molar-refractivity contribution in [3.05, 3.63) is 28.8 Å². The van der Waals surface area contributed by atoms with Gasteiger partial charge >= 0.3 is 0 Å². The van der Waals surface area contributed by atoms with Crippen LogP contribution >= 0.6 is 11.6 Å². The van der Waals surface area contributed by atoms with Gasteiger partial charge in [0.25, 0.3) is 0 Å². The number of carbonyl (C=O) groups excluding carboxylic acids is 1. The summed E-state index contributed by atoms with van der Waals surface area (Å²) < 4.78 is 5.58. The average molecular weight is 284 g/mol. The molecule has 0 spiro atoms. The van der Waals surface area contributed by atoms with E-state index in [0.29, 0.717) is 19.4 Å². The lowest BCUT2D eigenvalue weighted by Gasteiger charge is -2.11. The van der Waals surface area contributed by atoms with Crippen molar-refractivity contribution in [2.45, 2.75) is 46.1 Å². The van der Waals surface area contributed by atoms with Crippen LogP contribution in [0.15, 0.2) is 18.2 Å². The zero-order valence-electron chi connectivity index (χ0n) is 11.8. The number of ether oxygens (including phenoxy) is 1. The van der Waals surface area contributed by atoms with E-state index >= 15 is 0 Å². The predicted molar refractivity (Wildman–Crippen MR) is 78.8 cm³/mol. The first kappa shape index (κ1) is 15.8. The number of hydrogen-bond donors (Lipinski definition) is 1. The molecule has 0 aliphatic heterocycles. The number of carbonyl (C=O) groups is 1. The Morgan fingerprint density at radius 1 is 1.47 bits per heavy atom. The van der Waals surface area contributed by atoms with Gasteiger partial charge in [-0.1, -0.05) is 18.5 Å². The van der Waals surface area contributed by atoms with Crippen molar-refractivity contribution in [3.8, 4) is 5.75 Å². The van der Waals surface area contributed by atoms with Gasteiger partial charge in [0.2, 0.25) is 5.91 Å². The lowest BCUT2D eigenvalue weighted by atomic mass is 10.2. The maximum Gasteiger partial charge on any atom is 0.220 e. The summed E-state index contributed by atoms with van der Waals surface area (Å²) in [6, 6.07) is 5.81. The molecule has 0 radical (unpaired) electrons. The van der Waals surface area contributed by atoms with Gasteiger partial charge in [0.05, 0.1) is 6.61 Å². The molecule has 0 heterocycles. The van der Waals surface area contributed by atoms with Crippen molar-refractivity contribution in [3.63, 3.8) is 0 Å². The Bertz CT molecular complexity index is 421. The molecule has 1 atom stereocenters. The molecule has 19 heavy (non-hydrogen) atoms. The van der Waals surface area contributed by atoms with Crippen molar-refractivity contribution in [2.24, 2.45) is 0 Å². The van der Waals surface area contributed by atoms with Crippen LogP contribution in [0.4, 0.5) is 0 Å². The number of amides is 1. The first-order valence-electron chi connectivity index (χ1n) is 6.71. The van der Waals surface area contributed by atoms with Crippen LogP contribution in [0.2, 0.25) is 5.02 Å². The minimum atomic E-state index is 0.0882. The van der Waals surface area contributed by atoms with Crippen LogP contribution in [0.5, 0.6) is 5.75 Å². The first-order valence-corrected chi connectivity index (χ1v) is 7.09. The second kappa shape index (κ2) is 8.05. The third kappa shape index (κ3) is 5.97. The molecular formula is C15H22ClNO2. The van der Waals surface area contributed by atoms with Gasteiger partial charge in [0.15, 0.2) is 0 Å². The van der Waals surface area contributed by atoms with Crippen molar-refractivity contribution in [1.82, 2.24) is 5.32 Å². The standard InChI is InChI=1S/C15H22ClNO2/c1-4-12(3)17-15(18)6-5-9-19-13-7-8-14(16)11(2)10-13/h7-8,10,12H,4-6,9H2,1-3H3,(H,17,18). The van der Waals surface area contributed by atoms with E-state index in [9.17, 15) is 4.79 Å². The molecule has 0 bridgehead atoms. The summed E-state index contributed by atoms with van der Waals surface area (Å²) in [4.78, 5) is 11.5. The molecule has 0 saturated heterocycles. The van der Waals surface area contributed by atoms with Crippen LogP contribution < -0.4 is 10.1 Å². The van der Waals surface area contributed by atoms with E-state index in [2.05, 4.69) is 12.2 Å². The fourth-order valence-electron chi connectivity index (χ4n) is 1.58. The average Bonchev–Trinajstić information content (AvgIpc) is 2.38. The van der Waals surface area contributed by atoms with E-state index in [-0.39, 0.29) is 11.9 Å². The van der Waals surface area contributed by atoms with Gasteiger partial charge in [-0.2, -0.15) is 0 Å². The molecule has 3 nitrogen and oxygen atoms in total. The van der Waals surface area contributed by atoms with Crippen LogP contribution in [0, 0.1) is 6.92 Å². The SMILES string of the molecule is CCC(C)NC(=O)CCCOc1ccc(Cl)c(C)c1. The minimum absolute atomic E-state index is 0.0882. The molecule has 0 fully saturated rings. The fourth-order valence-corrected chi connectivity index (χ4v) is 1.70. The zero-order chi connectivity index (χ0) is 14.3. The highest BCUT2D eigenvalue weighted by Gasteiger charge is 2.05.